The van der Waals surface area contributed by atoms with Crippen LogP contribution in [0.2, 0.25) is 5.02 Å². The minimum Gasteiger partial charge on any atom is -0.496 e. The van der Waals surface area contributed by atoms with Crippen LogP contribution in [0.1, 0.15) is 44.9 Å². The normalized spacial score (nSPS) is 11.9. The number of amides is 1. The Balaban J connectivity index is 1.46. The smallest absolute Gasteiger partial charge is 0.337 e. The molecule has 0 saturated carbocycles. The van der Waals surface area contributed by atoms with E-state index in [9.17, 15) is 9.59 Å². The number of hydrogen-bond donors (Lipinski definition) is 1. The summed E-state index contributed by atoms with van der Waals surface area (Å²) in [6.45, 7) is 2.35. The Hall–Kier alpha value is -4.36. The molecule has 1 unspecified atom stereocenters. The Kier molecular flexibility index (Phi) is 7.03. The molecular weight excluding hydrogens is 502 g/mol. The van der Waals surface area contributed by atoms with Gasteiger partial charge >= 0.3 is 5.97 Å². The molecule has 0 aliphatic rings. The van der Waals surface area contributed by atoms with Gasteiger partial charge in [-0.1, -0.05) is 41.9 Å². The molecular formula is C30H26ClN3O4. The summed E-state index contributed by atoms with van der Waals surface area (Å²) >= 11 is 6.40. The fraction of sp³-hybridized carbons (Fsp3) is 0.167. The van der Waals surface area contributed by atoms with Crippen molar-refractivity contribution < 1.29 is 19.1 Å². The lowest BCUT2D eigenvalue weighted by Gasteiger charge is -2.19. The van der Waals surface area contributed by atoms with Gasteiger partial charge in [0.15, 0.2) is 0 Å². The molecule has 2 heterocycles. The highest BCUT2D eigenvalue weighted by Crippen LogP contribution is 2.29. The van der Waals surface area contributed by atoms with Gasteiger partial charge in [0.1, 0.15) is 5.75 Å². The van der Waals surface area contributed by atoms with Crippen molar-refractivity contribution in [2.75, 3.05) is 14.2 Å². The van der Waals surface area contributed by atoms with E-state index >= 15 is 0 Å². The Morgan fingerprint density at radius 1 is 1.00 bits per heavy atom. The summed E-state index contributed by atoms with van der Waals surface area (Å²) in [6, 6.07) is 22.1. The van der Waals surface area contributed by atoms with Gasteiger partial charge in [0.2, 0.25) is 0 Å². The Morgan fingerprint density at radius 3 is 2.61 bits per heavy atom. The van der Waals surface area contributed by atoms with Crippen LogP contribution in [-0.4, -0.2) is 35.6 Å². The van der Waals surface area contributed by atoms with E-state index < -0.39 is 12.0 Å². The number of carbonyl (C=O) groups is 2. The maximum atomic E-state index is 13.6. The van der Waals surface area contributed by atoms with E-state index in [2.05, 4.69) is 5.32 Å². The van der Waals surface area contributed by atoms with Gasteiger partial charge in [-0.05, 0) is 49.4 Å². The van der Waals surface area contributed by atoms with Crippen LogP contribution in [0.4, 0.5) is 0 Å². The largest absolute Gasteiger partial charge is 0.496 e. The first kappa shape index (κ1) is 25.3. The molecule has 7 nitrogen and oxygen atoms in total. The van der Waals surface area contributed by atoms with Crippen molar-refractivity contribution in [3.63, 3.8) is 0 Å². The van der Waals surface area contributed by atoms with Crippen LogP contribution in [-0.2, 0) is 11.3 Å². The zero-order valence-electron chi connectivity index (χ0n) is 21.2. The number of esters is 1. The van der Waals surface area contributed by atoms with Crippen LogP contribution < -0.4 is 10.1 Å². The first-order chi connectivity index (χ1) is 18.4. The molecule has 5 rings (SSSR count). The number of aromatic nitrogens is 2. The van der Waals surface area contributed by atoms with Gasteiger partial charge in [-0.15, -0.1) is 0 Å². The summed E-state index contributed by atoms with van der Waals surface area (Å²) in [5.74, 6) is -0.271. The quantitative estimate of drug-likeness (QED) is 0.256. The summed E-state index contributed by atoms with van der Waals surface area (Å²) in [4.78, 5) is 30.3. The number of carbonyl (C=O) groups excluding carboxylic acids is 2. The van der Waals surface area contributed by atoms with E-state index in [4.69, 9.17) is 26.1 Å². The number of benzene rings is 3. The first-order valence-corrected chi connectivity index (χ1v) is 12.5. The predicted molar refractivity (Wildman–Crippen MR) is 148 cm³/mol. The zero-order chi connectivity index (χ0) is 26.8. The third-order valence-corrected chi connectivity index (χ3v) is 6.75. The fourth-order valence-corrected chi connectivity index (χ4v) is 4.88. The lowest BCUT2D eigenvalue weighted by Crippen LogP contribution is -2.27. The molecule has 1 atom stereocenters. The number of nitrogens with zero attached hydrogens (tertiary/aromatic N) is 2. The minimum absolute atomic E-state index is 0.282. The molecule has 1 amide bonds. The molecule has 5 aromatic rings. The molecule has 0 radical (unpaired) electrons. The Labute approximate surface area is 225 Å². The van der Waals surface area contributed by atoms with Crippen LogP contribution in [0.5, 0.6) is 5.75 Å². The van der Waals surface area contributed by atoms with E-state index in [1.165, 1.54) is 14.2 Å². The number of methoxy groups -OCH3 is 2. The number of halogens is 1. The molecule has 0 aliphatic heterocycles. The summed E-state index contributed by atoms with van der Waals surface area (Å²) in [7, 11) is 2.84. The van der Waals surface area contributed by atoms with Gasteiger partial charge in [0.25, 0.3) is 5.91 Å². The minimum atomic E-state index is -0.463. The summed E-state index contributed by atoms with van der Waals surface area (Å²) < 4.78 is 12.3. The third kappa shape index (κ3) is 4.93. The van der Waals surface area contributed by atoms with Crippen molar-refractivity contribution in [1.29, 1.82) is 0 Å². The second-order valence-electron chi connectivity index (χ2n) is 8.97. The predicted octanol–water partition coefficient (Wildman–Crippen LogP) is 6.18. The van der Waals surface area contributed by atoms with E-state index in [-0.39, 0.29) is 5.91 Å². The van der Waals surface area contributed by atoms with Crippen LogP contribution in [0.3, 0.4) is 0 Å². The highest BCUT2D eigenvalue weighted by atomic mass is 35.5. The van der Waals surface area contributed by atoms with Crippen molar-refractivity contribution in [2.24, 2.45) is 0 Å². The van der Waals surface area contributed by atoms with Crippen LogP contribution in [0, 0.1) is 0 Å². The molecule has 0 saturated heterocycles. The molecule has 0 fully saturated rings. The molecule has 1 N–H and O–H groups in total. The molecule has 8 heteroatoms. The monoisotopic (exact) mass is 527 g/mol. The SMILES string of the molecule is COC(=O)c1ccc(C(C)NC(=O)c2cc(Cl)cc3ccn(Cc4ccc5ccccc5n4)c23)c(OC)c1. The van der Waals surface area contributed by atoms with Crippen molar-refractivity contribution in [1.82, 2.24) is 14.9 Å². The number of hydrogen-bond acceptors (Lipinski definition) is 5. The van der Waals surface area contributed by atoms with Crippen LogP contribution >= 0.6 is 11.6 Å². The summed E-state index contributed by atoms with van der Waals surface area (Å²) in [5.41, 5.74) is 4.11. The van der Waals surface area contributed by atoms with Crippen LogP contribution in [0.15, 0.2) is 79.0 Å². The topological polar surface area (TPSA) is 82.5 Å². The first-order valence-electron chi connectivity index (χ1n) is 12.1. The van der Waals surface area contributed by atoms with Crippen molar-refractivity contribution in [3.8, 4) is 5.75 Å². The number of fused-ring (bicyclic) bond motifs is 2. The van der Waals surface area contributed by atoms with Gasteiger partial charge < -0.3 is 19.4 Å². The second kappa shape index (κ2) is 10.6. The highest BCUT2D eigenvalue weighted by molar-refractivity contribution is 6.32. The third-order valence-electron chi connectivity index (χ3n) is 6.53. The second-order valence-corrected chi connectivity index (χ2v) is 9.41. The summed E-state index contributed by atoms with van der Waals surface area (Å²) in [5, 5.41) is 5.45. The molecule has 0 spiro atoms. The molecule has 0 bridgehead atoms. The van der Waals surface area contributed by atoms with Crippen LogP contribution in [0.25, 0.3) is 21.8 Å². The van der Waals surface area contributed by atoms with Gasteiger partial charge in [0, 0.05) is 27.6 Å². The van der Waals surface area contributed by atoms with Crippen molar-refractivity contribution in [2.45, 2.75) is 19.5 Å². The van der Waals surface area contributed by atoms with E-state index in [0.717, 1.165) is 33.1 Å². The molecule has 2 aromatic heterocycles. The number of ether oxygens (including phenoxy) is 2. The van der Waals surface area contributed by atoms with E-state index in [1.54, 1.807) is 24.3 Å². The summed E-state index contributed by atoms with van der Waals surface area (Å²) in [6.07, 6.45) is 1.94. The Bertz CT molecular complexity index is 1680. The number of para-hydroxylation sites is 1. The maximum absolute atomic E-state index is 13.6. The standard InChI is InChI=1S/C30H26ClN3O4/c1-18(24-11-9-21(30(36)38-3)15-27(24)37-2)32-29(35)25-16-22(31)14-20-12-13-34(28(20)25)17-23-10-8-19-6-4-5-7-26(19)33-23/h4-16,18H,17H2,1-3H3,(H,32,35). The molecule has 192 valence electrons. The van der Waals surface area contributed by atoms with Crippen molar-refractivity contribution >= 4 is 45.3 Å². The molecule has 0 aliphatic carbocycles. The number of rotatable bonds is 7. The van der Waals surface area contributed by atoms with E-state index in [0.29, 0.717) is 28.4 Å². The zero-order valence-corrected chi connectivity index (χ0v) is 22.0. The van der Waals surface area contributed by atoms with Gasteiger partial charge in [-0.2, -0.15) is 0 Å². The fourth-order valence-electron chi connectivity index (χ4n) is 4.65. The lowest BCUT2D eigenvalue weighted by molar-refractivity contribution is 0.0600. The van der Waals surface area contributed by atoms with Gasteiger partial charge in [-0.3, -0.25) is 9.78 Å². The highest BCUT2D eigenvalue weighted by Gasteiger charge is 2.21. The van der Waals surface area contributed by atoms with E-state index in [1.807, 2.05) is 66.2 Å². The number of pyridine rings is 1. The van der Waals surface area contributed by atoms with Gasteiger partial charge in [-0.25, -0.2) is 4.79 Å². The average molecular weight is 528 g/mol. The maximum Gasteiger partial charge on any atom is 0.337 e. The molecule has 38 heavy (non-hydrogen) atoms. The lowest BCUT2D eigenvalue weighted by atomic mass is 10.0. The average Bonchev–Trinajstić information content (AvgIpc) is 3.33. The number of nitrogens with one attached hydrogen (secondary N) is 1. The van der Waals surface area contributed by atoms with Gasteiger partial charge in [0.05, 0.1) is 54.7 Å². The molecule has 3 aromatic carbocycles. The Morgan fingerprint density at radius 2 is 1.82 bits per heavy atom. The van der Waals surface area contributed by atoms with Crippen molar-refractivity contribution in [3.05, 3.63) is 106 Å².